The predicted molar refractivity (Wildman–Crippen MR) is 122 cm³/mol. The number of hydrogen-bond donors (Lipinski definition) is 2. The Labute approximate surface area is 177 Å². The number of nitrogens with zero attached hydrogens (tertiary/aromatic N) is 1. The number of aromatic nitrogens is 1. The van der Waals surface area contributed by atoms with Gasteiger partial charge in [0.1, 0.15) is 12.4 Å². The lowest BCUT2D eigenvalue weighted by Crippen LogP contribution is -2.35. The van der Waals surface area contributed by atoms with Crippen LogP contribution in [-0.4, -0.2) is 42.7 Å². The van der Waals surface area contributed by atoms with Crippen LogP contribution >= 0.6 is 0 Å². The Bertz CT molecular complexity index is 1070. The van der Waals surface area contributed by atoms with Gasteiger partial charge in [0.2, 0.25) is 0 Å². The van der Waals surface area contributed by atoms with E-state index in [1.807, 2.05) is 12.1 Å². The van der Waals surface area contributed by atoms with Gasteiger partial charge in [-0.05, 0) is 68.5 Å². The molecule has 0 amide bonds. The second-order valence-corrected chi connectivity index (χ2v) is 8.42. The monoisotopic (exact) mass is 403 g/mol. The molecule has 156 valence electrons. The van der Waals surface area contributed by atoms with Crippen LogP contribution in [0.15, 0.2) is 53.3 Å². The lowest BCUT2D eigenvalue weighted by Gasteiger charge is -2.32. The highest BCUT2D eigenvalue weighted by Crippen LogP contribution is 2.30. The van der Waals surface area contributed by atoms with Crippen molar-refractivity contribution < 1.29 is 4.74 Å². The van der Waals surface area contributed by atoms with E-state index in [0.717, 1.165) is 66.9 Å². The van der Waals surface area contributed by atoms with E-state index in [-0.39, 0.29) is 5.56 Å². The minimum atomic E-state index is 0.0253. The third kappa shape index (κ3) is 3.94. The van der Waals surface area contributed by atoms with Crippen LogP contribution in [0.5, 0.6) is 5.75 Å². The zero-order chi connectivity index (χ0) is 20.3. The quantitative estimate of drug-likeness (QED) is 0.672. The molecule has 0 unspecified atom stereocenters. The molecule has 0 bridgehead atoms. The third-order valence-electron chi connectivity index (χ3n) is 6.52. The molecule has 5 nitrogen and oxygen atoms in total. The van der Waals surface area contributed by atoms with E-state index in [4.69, 9.17) is 4.74 Å². The van der Waals surface area contributed by atoms with Crippen LogP contribution in [0.2, 0.25) is 0 Å². The van der Waals surface area contributed by atoms with Gasteiger partial charge in [0.25, 0.3) is 5.56 Å². The average molecular weight is 404 g/mol. The van der Waals surface area contributed by atoms with Crippen molar-refractivity contribution in [3.8, 4) is 5.75 Å². The highest BCUT2D eigenvalue weighted by atomic mass is 16.5. The van der Waals surface area contributed by atoms with Gasteiger partial charge < -0.3 is 15.0 Å². The van der Waals surface area contributed by atoms with Crippen molar-refractivity contribution in [1.82, 2.24) is 9.88 Å². The molecule has 1 aromatic heterocycles. The fourth-order valence-electron chi connectivity index (χ4n) is 4.83. The standard InChI is InChI=1S/C25H29N3O2/c29-25-21-7-4-12-26-24(21)22-17-20(8-9-23(22)27-25)30-16-15-28-13-10-19(11-14-28)18-5-2-1-3-6-18/h1-3,5-6,8-9,17,19,26H,4,7,10-16H2,(H,27,29). The molecule has 2 aliphatic rings. The zero-order valence-electron chi connectivity index (χ0n) is 17.3. The molecule has 2 aromatic carbocycles. The summed E-state index contributed by atoms with van der Waals surface area (Å²) >= 11 is 0. The van der Waals surface area contributed by atoms with E-state index in [1.165, 1.54) is 18.4 Å². The molecule has 3 heterocycles. The van der Waals surface area contributed by atoms with Gasteiger partial charge in [-0.3, -0.25) is 9.69 Å². The Hall–Kier alpha value is -2.79. The molecule has 5 rings (SSSR count). The Morgan fingerprint density at radius 1 is 1.07 bits per heavy atom. The Morgan fingerprint density at radius 3 is 2.73 bits per heavy atom. The average Bonchev–Trinajstić information content (AvgIpc) is 2.81. The molecule has 0 atom stereocenters. The zero-order valence-corrected chi connectivity index (χ0v) is 17.3. The first-order valence-corrected chi connectivity index (χ1v) is 11.1. The lowest BCUT2D eigenvalue weighted by molar-refractivity contribution is 0.173. The topological polar surface area (TPSA) is 57.4 Å². The van der Waals surface area contributed by atoms with E-state index < -0.39 is 0 Å². The molecule has 1 saturated heterocycles. The second-order valence-electron chi connectivity index (χ2n) is 8.42. The number of aromatic amines is 1. The summed E-state index contributed by atoms with van der Waals surface area (Å²) in [5.74, 6) is 1.55. The minimum Gasteiger partial charge on any atom is -0.492 e. The third-order valence-corrected chi connectivity index (χ3v) is 6.52. The van der Waals surface area contributed by atoms with Crippen molar-refractivity contribution in [3.63, 3.8) is 0 Å². The summed E-state index contributed by atoms with van der Waals surface area (Å²) in [5, 5.41) is 4.46. The number of nitrogens with one attached hydrogen (secondary N) is 2. The van der Waals surface area contributed by atoms with E-state index >= 15 is 0 Å². The highest BCUT2D eigenvalue weighted by molar-refractivity contribution is 5.94. The molecule has 0 radical (unpaired) electrons. The van der Waals surface area contributed by atoms with Crippen molar-refractivity contribution >= 4 is 16.6 Å². The number of benzene rings is 2. The van der Waals surface area contributed by atoms with Gasteiger partial charge in [-0.25, -0.2) is 0 Å². The van der Waals surface area contributed by atoms with Gasteiger partial charge in [-0.15, -0.1) is 0 Å². The van der Waals surface area contributed by atoms with E-state index in [9.17, 15) is 4.79 Å². The predicted octanol–water partition coefficient (Wildman–Crippen LogP) is 4.14. The fourth-order valence-corrected chi connectivity index (χ4v) is 4.83. The van der Waals surface area contributed by atoms with Crippen molar-refractivity contribution in [1.29, 1.82) is 0 Å². The number of pyridine rings is 1. The van der Waals surface area contributed by atoms with E-state index in [2.05, 4.69) is 51.6 Å². The summed E-state index contributed by atoms with van der Waals surface area (Å²) in [6, 6.07) is 16.8. The van der Waals surface area contributed by atoms with Crippen LogP contribution < -0.4 is 15.6 Å². The van der Waals surface area contributed by atoms with Crippen LogP contribution in [0.3, 0.4) is 0 Å². The molecule has 0 saturated carbocycles. The number of H-pyrrole nitrogens is 1. The number of hydrogen-bond acceptors (Lipinski definition) is 4. The highest BCUT2D eigenvalue weighted by Gasteiger charge is 2.20. The Kier molecular flexibility index (Phi) is 5.45. The minimum absolute atomic E-state index is 0.0253. The molecule has 30 heavy (non-hydrogen) atoms. The number of rotatable bonds is 5. The maximum atomic E-state index is 12.3. The van der Waals surface area contributed by atoms with Gasteiger partial charge in [-0.1, -0.05) is 30.3 Å². The summed E-state index contributed by atoms with van der Waals surface area (Å²) in [4.78, 5) is 17.8. The first-order chi connectivity index (χ1) is 14.8. The number of anilines is 1. The van der Waals surface area contributed by atoms with E-state index in [0.29, 0.717) is 12.5 Å². The number of likely N-dealkylation sites (tertiary alicyclic amines) is 1. The summed E-state index contributed by atoms with van der Waals surface area (Å²) in [7, 11) is 0. The van der Waals surface area contributed by atoms with Gasteiger partial charge in [0.15, 0.2) is 0 Å². The first-order valence-electron chi connectivity index (χ1n) is 11.1. The molecule has 3 aromatic rings. The first kappa shape index (κ1) is 19.2. The number of ether oxygens (including phenoxy) is 1. The molecular formula is C25H29N3O2. The van der Waals surface area contributed by atoms with Crippen molar-refractivity contribution in [2.45, 2.75) is 31.6 Å². The van der Waals surface area contributed by atoms with Crippen molar-refractivity contribution in [2.75, 3.05) is 38.1 Å². The maximum Gasteiger partial charge on any atom is 0.253 e. The molecular weight excluding hydrogens is 374 g/mol. The Balaban J connectivity index is 1.19. The summed E-state index contributed by atoms with van der Waals surface area (Å²) in [5.41, 5.74) is 4.21. The summed E-state index contributed by atoms with van der Waals surface area (Å²) in [6.07, 6.45) is 4.26. The largest absolute Gasteiger partial charge is 0.492 e. The van der Waals surface area contributed by atoms with Crippen molar-refractivity contribution in [3.05, 3.63) is 70.0 Å². The molecule has 0 aliphatic carbocycles. The van der Waals surface area contributed by atoms with Crippen molar-refractivity contribution in [2.24, 2.45) is 0 Å². The van der Waals surface area contributed by atoms with E-state index in [1.54, 1.807) is 0 Å². The van der Waals surface area contributed by atoms with Gasteiger partial charge in [-0.2, -0.15) is 0 Å². The van der Waals surface area contributed by atoms with Gasteiger partial charge in [0.05, 0.1) is 11.2 Å². The number of piperidine rings is 1. The van der Waals surface area contributed by atoms with Crippen LogP contribution in [-0.2, 0) is 6.42 Å². The lowest BCUT2D eigenvalue weighted by atomic mass is 9.89. The molecule has 5 heteroatoms. The second kappa shape index (κ2) is 8.52. The Morgan fingerprint density at radius 2 is 1.90 bits per heavy atom. The SMILES string of the molecule is O=c1[nH]c2ccc(OCCN3CCC(c4ccccc4)CC3)cc2c2c1CCCN2. The number of fused-ring (bicyclic) bond motifs is 3. The van der Waals surface area contributed by atoms with Crippen LogP contribution in [0.1, 0.15) is 36.3 Å². The smallest absolute Gasteiger partial charge is 0.253 e. The van der Waals surface area contributed by atoms with Gasteiger partial charge in [0, 0.05) is 24.0 Å². The van der Waals surface area contributed by atoms with Crippen LogP contribution in [0.4, 0.5) is 5.69 Å². The molecule has 2 N–H and O–H groups in total. The summed E-state index contributed by atoms with van der Waals surface area (Å²) < 4.78 is 6.09. The maximum absolute atomic E-state index is 12.3. The molecule has 2 aliphatic heterocycles. The van der Waals surface area contributed by atoms with Gasteiger partial charge >= 0.3 is 0 Å². The molecule has 0 spiro atoms. The normalized spacial score (nSPS) is 17.5. The fraction of sp³-hybridized carbons (Fsp3) is 0.400. The molecule has 1 fully saturated rings. The van der Waals surface area contributed by atoms with Crippen LogP contribution in [0.25, 0.3) is 10.9 Å². The summed E-state index contributed by atoms with van der Waals surface area (Å²) in [6.45, 7) is 4.79. The van der Waals surface area contributed by atoms with Crippen LogP contribution in [0, 0.1) is 0 Å².